The number of hydrogen-bond acceptors (Lipinski definition) is 7. The zero-order valence-corrected chi connectivity index (χ0v) is 19.4. The van der Waals surface area contributed by atoms with Crippen molar-refractivity contribution in [3.05, 3.63) is 29.3 Å². The lowest BCUT2D eigenvalue weighted by Gasteiger charge is -2.33. The zero-order chi connectivity index (χ0) is 23.8. The van der Waals surface area contributed by atoms with Crippen LogP contribution in [0.3, 0.4) is 0 Å². The molecule has 180 valence electrons. The Morgan fingerprint density at radius 2 is 1.39 bits per heavy atom. The van der Waals surface area contributed by atoms with E-state index < -0.39 is 11.9 Å². The minimum absolute atomic E-state index is 0.0294. The molecule has 9 nitrogen and oxygen atoms in total. The maximum absolute atomic E-state index is 12.9. The number of nitrogens with zero attached hydrogens (tertiary/aromatic N) is 2. The molecule has 33 heavy (non-hydrogen) atoms. The summed E-state index contributed by atoms with van der Waals surface area (Å²) in [6.07, 6.45) is 6.04. The average molecular weight is 460 g/mol. The SMILES string of the molecule is COC(=O)c1cc(NC(=O)CN2CCC(C(=O)N3CCCCCC3)CC2)cc(C(=O)OC)c1. The highest BCUT2D eigenvalue weighted by molar-refractivity contribution is 5.99. The number of carbonyl (C=O) groups is 4. The van der Waals surface area contributed by atoms with E-state index >= 15 is 0 Å². The number of carbonyl (C=O) groups excluding carboxylic acids is 4. The minimum Gasteiger partial charge on any atom is -0.465 e. The third kappa shape index (κ3) is 6.77. The summed E-state index contributed by atoms with van der Waals surface area (Å²) in [5.41, 5.74) is 0.599. The van der Waals surface area contributed by atoms with Gasteiger partial charge in [0.2, 0.25) is 11.8 Å². The van der Waals surface area contributed by atoms with Gasteiger partial charge in [0.1, 0.15) is 0 Å². The first-order valence-electron chi connectivity index (χ1n) is 11.5. The summed E-state index contributed by atoms with van der Waals surface area (Å²) >= 11 is 0. The molecule has 2 aliphatic rings. The third-order valence-electron chi connectivity index (χ3n) is 6.28. The average Bonchev–Trinajstić information content (AvgIpc) is 3.12. The van der Waals surface area contributed by atoms with Gasteiger partial charge in [-0.25, -0.2) is 9.59 Å². The first-order chi connectivity index (χ1) is 15.9. The highest BCUT2D eigenvalue weighted by Gasteiger charge is 2.29. The molecular weight excluding hydrogens is 426 g/mol. The molecule has 1 aromatic carbocycles. The Kier molecular flexibility index (Phi) is 8.82. The van der Waals surface area contributed by atoms with Crippen LogP contribution in [-0.2, 0) is 19.1 Å². The van der Waals surface area contributed by atoms with Crippen LogP contribution in [0.15, 0.2) is 18.2 Å². The van der Waals surface area contributed by atoms with E-state index in [1.807, 2.05) is 9.80 Å². The number of esters is 2. The maximum atomic E-state index is 12.9. The van der Waals surface area contributed by atoms with Gasteiger partial charge in [-0.2, -0.15) is 0 Å². The van der Waals surface area contributed by atoms with Gasteiger partial charge in [0.25, 0.3) is 0 Å². The molecule has 0 atom stereocenters. The van der Waals surface area contributed by atoms with E-state index in [4.69, 9.17) is 9.47 Å². The summed E-state index contributed by atoms with van der Waals surface area (Å²) in [4.78, 5) is 53.4. The molecule has 0 aromatic heterocycles. The Bertz CT molecular complexity index is 837. The van der Waals surface area contributed by atoms with Crippen molar-refractivity contribution in [2.24, 2.45) is 5.92 Å². The van der Waals surface area contributed by atoms with Gasteiger partial charge >= 0.3 is 11.9 Å². The molecule has 1 aromatic rings. The summed E-state index contributed by atoms with van der Waals surface area (Å²) in [5.74, 6) is -1.21. The first-order valence-corrected chi connectivity index (χ1v) is 11.5. The van der Waals surface area contributed by atoms with Crippen LogP contribution in [0.4, 0.5) is 5.69 Å². The molecule has 1 N–H and O–H groups in total. The molecule has 2 amide bonds. The quantitative estimate of drug-likeness (QED) is 0.651. The number of hydrogen-bond donors (Lipinski definition) is 1. The summed E-state index contributed by atoms with van der Waals surface area (Å²) in [6.45, 7) is 3.24. The van der Waals surface area contributed by atoms with Crippen molar-refractivity contribution in [1.29, 1.82) is 0 Å². The van der Waals surface area contributed by atoms with Crippen LogP contribution < -0.4 is 5.32 Å². The van der Waals surface area contributed by atoms with Crippen LogP contribution in [0.5, 0.6) is 0 Å². The summed E-state index contributed by atoms with van der Waals surface area (Å²) in [5, 5.41) is 2.75. The van der Waals surface area contributed by atoms with E-state index in [1.54, 1.807) is 0 Å². The van der Waals surface area contributed by atoms with Gasteiger partial charge in [0.05, 0.1) is 31.9 Å². The number of anilines is 1. The minimum atomic E-state index is -0.618. The molecule has 0 saturated carbocycles. The van der Waals surface area contributed by atoms with Gasteiger partial charge in [-0.3, -0.25) is 14.5 Å². The van der Waals surface area contributed by atoms with Crippen molar-refractivity contribution >= 4 is 29.4 Å². The van der Waals surface area contributed by atoms with Crippen molar-refractivity contribution in [3.8, 4) is 0 Å². The van der Waals surface area contributed by atoms with Crippen molar-refractivity contribution in [3.63, 3.8) is 0 Å². The van der Waals surface area contributed by atoms with Gasteiger partial charge in [0.15, 0.2) is 0 Å². The number of piperidine rings is 1. The second-order valence-electron chi connectivity index (χ2n) is 8.62. The number of benzene rings is 1. The molecule has 2 aliphatic heterocycles. The van der Waals surface area contributed by atoms with Crippen LogP contribution in [0.25, 0.3) is 0 Å². The Morgan fingerprint density at radius 3 is 1.91 bits per heavy atom. The van der Waals surface area contributed by atoms with Crippen LogP contribution in [0.1, 0.15) is 59.2 Å². The molecule has 2 fully saturated rings. The van der Waals surface area contributed by atoms with Crippen LogP contribution in [0, 0.1) is 5.92 Å². The predicted octanol–water partition coefficient (Wildman–Crippen LogP) is 2.31. The Labute approximate surface area is 194 Å². The number of methoxy groups -OCH3 is 2. The van der Waals surface area contributed by atoms with E-state index in [9.17, 15) is 19.2 Å². The monoisotopic (exact) mass is 459 g/mol. The molecule has 0 spiro atoms. The van der Waals surface area contributed by atoms with E-state index in [-0.39, 0.29) is 35.4 Å². The Morgan fingerprint density at radius 1 is 0.848 bits per heavy atom. The fraction of sp³-hybridized carbons (Fsp3) is 0.583. The van der Waals surface area contributed by atoms with Gasteiger partial charge in [-0.1, -0.05) is 12.8 Å². The number of ether oxygens (including phenoxy) is 2. The van der Waals surface area contributed by atoms with Crippen molar-refractivity contribution in [1.82, 2.24) is 9.80 Å². The molecular formula is C24H33N3O6. The number of likely N-dealkylation sites (tertiary alicyclic amines) is 2. The lowest BCUT2D eigenvalue weighted by atomic mass is 9.95. The molecule has 0 aliphatic carbocycles. The smallest absolute Gasteiger partial charge is 0.337 e. The highest BCUT2D eigenvalue weighted by Crippen LogP contribution is 2.22. The second kappa shape index (κ2) is 11.8. The summed E-state index contributed by atoms with van der Waals surface area (Å²) in [7, 11) is 2.49. The number of amides is 2. The fourth-order valence-electron chi connectivity index (χ4n) is 4.46. The standard InChI is InChI=1S/C24H33N3O6/c1-32-23(30)18-13-19(24(31)33-2)15-20(14-18)25-21(28)16-26-11-7-17(8-12-26)22(29)27-9-5-3-4-6-10-27/h13-15,17H,3-12,16H2,1-2H3,(H,25,28). The predicted molar refractivity (Wildman–Crippen MR) is 122 cm³/mol. The van der Waals surface area contributed by atoms with Crippen LogP contribution in [0.2, 0.25) is 0 Å². The van der Waals surface area contributed by atoms with Crippen LogP contribution >= 0.6 is 0 Å². The van der Waals surface area contributed by atoms with Crippen molar-refractivity contribution < 1.29 is 28.7 Å². The molecule has 0 radical (unpaired) electrons. The Balaban J connectivity index is 1.54. The van der Waals surface area contributed by atoms with Gasteiger partial charge < -0.3 is 19.7 Å². The van der Waals surface area contributed by atoms with E-state index in [0.717, 1.165) is 38.8 Å². The van der Waals surface area contributed by atoms with Gasteiger partial charge in [-0.05, 0) is 57.0 Å². The fourth-order valence-corrected chi connectivity index (χ4v) is 4.46. The summed E-state index contributed by atoms with van der Waals surface area (Å²) in [6, 6.07) is 4.28. The van der Waals surface area contributed by atoms with E-state index in [2.05, 4.69) is 5.32 Å². The molecule has 9 heteroatoms. The maximum Gasteiger partial charge on any atom is 0.337 e. The topological polar surface area (TPSA) is 105 Å². The molecule has 3 rings (SSSR count). The van der Waals surface area contributed by atoms with Crippen molar-refractivity contribution in [2.45, 2.75) is 38.5 Å². The number of nitrogens with one attached hydrogen (secondary N) is 1. The van der Waals surface area contributed by atoms with Gasteiger partial charge in [-0.15, -0.1) is 0 Å². The van der Waals surface area contributed by atoms with Crippen LogP contribution in [-0.4, -0.2) is 80.5 Å². The lowest BCUT2D eigenvalue weighted by Crippen LogP contribution is -2.44. The highest BCUT2D eigenvalue weighted by atomic mass is 16.5. The molecule has 2 saturated heterocycles. The first kappa shape index (κ1) is 24.7. The van der Waals surface area contributed by atoms with Crippen molar-refractivity contribution in [2.75, 3.05) is 52.3 Å². The largest absolute Gasteiger partial charge is 0.465 e. The zero-order valence-electron chi connectivity index (χ0n) is 19.4. The summed E-state index contributed by atoms with van der Waals surface area (Å²) < 4.78 is 9.45. The second-order valence-corrected chi connectivity index (χ2v) is 8.62. The lowest BCUT2D eigenvalue weighted by molar-refractivity contribution is -0.137. The molecule has 0 unspecified atom stereocenters. The molecule has 2 heterocycles. The van der Waals surface area contributed by atoms with E-state index in [0.29, 0.717) is 18.8 Å². The van der Waals surface area contributed by atoms with Gasteiger partial charge in [0, 0.05) is 24.7 Å². The third-order valence-corrected chi connectivity index (χ3v) is 6.28. The Hall–Kier alpha value is -2.94. The normalized spacial score (nSPS) is 17.7. The number of rotatable bonds is 6. The molecule has 0 bridgehead atoms. The van der Waals surface area contributed by atoms with E-state index in [1.165, 1.54) is 45.3 Å².